The molecule has 0 aromatic carbocycles. The molecule has 0 radical (unpaired) electrons. The topological polar surface area (TPSA) is 35.2 Å². The van der Waals surface area contributed by atoms with Gasteiger partial charge in [0.2, 0.25) is 0 Å². The van der Waals surface area contributed by atoms with Gasteiger partial charge >= 0.3 is 0 Å². The van der Waals surface area contributed by atoms with Crippen molar-refractivity contribution in [2.45, 2.75) is 26.2 Å². The minimum atomic E-state index is 0.429. The van der Waals surface area contributed by atoms with Gasteiger partial charge in [-0.2, -0.15) is 0 Å². The zero-order valence-corrected chi connectivity index (χ0v) is 7.23. The second-order valence-corrected chi connectivity index (χ2v) is 2.32. The molecule has 64 valence electrons. The molecule has 0 rings (SSSR count). The summed E-state index contributed by atoms with van der Waals surface area (Å²) in [6, 6.07) is 0. The van der Waals surface area contributed by atoms with Crippen LogP contribution in [0.3, 0.4) is 0 Å². The highest BCUT2D eigenvalue weighted by atomic mass is 16.5. The maximum absolute atomic E-state index is 5.21. The zero-order valence-electron chi connectivity index (χ0n) is 7.23. The molecule has 0 amide bonds. The van der Waals surface area contributed by atoms with Crippen molar-refractivity contribution in [1.82, 2.24) is 0 Å². The van der Waals surface area contributed by atoms with Crippen molar-refractivity contribution in [3.8, 4) is 11.8 Å². The average molecular weight is 155 g/mol. The van der Waals surface area contributed by atoms with E-state index in [0.717, 1.165) is 13.0 Å². The van der Waals surface area contributed by atoms with E-state index in [1.165, 1.54) is 12.8 Å². The summed E-state index contributed by atoms with van der Waals surface area (Å²) in [7, 11) is 0. The van der Waals surface area contributed by atoms with Crippen LogP contribution >= 0.6 is 0 Å². The molecule has 0 aliphatic carbocycles. The maximum Gasteiger partial charge on any atom is 0.107 e. The van der Waals surface area contributed by atoms with Gasteiger partial charge in [0.1, 0.15) is 6.61 Å². The minimum absolute atomic E-state index is 0.429. The lowest BCUT2D eigenvalue weighted by atomic mass is 10.3. The molecule has 2 heteroatoms. The molecule has 0 atom stereocenters. The van der Waals surface area contributed by atoms with Crippen LogP contribution in [0.15, 0.2) is 0 Å². The van der Waals surface area contributed by atoms with Crippen molar-refractivity contribution in [3.05, 3.63) is 0 Å². The van der Waals surface area contributed by atoms with E-state index >= 15 is 0 Å². The molecule has 0 spiro atoms. The number of rotatable bonds is 5. The van der Waals surface area contributed by atoms with Gasteiger partial charge in [-0.1, -0.05) is 31.6 Å². The van der Waals surface area contributed by atoms with Crippen LogP contribution in [0.25, 0.3) is 0 Å². The van der Waals surface area contributed by atoms with Crippen LogP contribution in [-0.4, -0.2) is 19.8 Å². The van der Waals surface area contributed by atoms with Gasteiger partial charge < -0.3 is 10.5 Å². The number of ether oxygens (including phenoxy) is 1. The van der Waals surface area contributed by atoms with Gasteiger partial charge in [-0.25, -0.2) is 0 Å². The van der Waals surface area contributed by atoms with E-state index in [1.807, 2.05) is 0 Å². The standard InChI is InChI=1S/C9H17NO/c1-2-3-5-8-11-9-6-4-7-10/h2-3,5,7-10H2,1H3. The third kappa shape index (κ3) is 9.48. The van der Waals surface area contributed by atoms with E-state index in [9.17, 15) is 0 Å². The van der Waals surface area contributed by atoms with Crippen LogP contribution in [0.1, 0.15) is 26.2 Å². The van der Waals surface area contributed by atoms with Gasteiger partial charge in [-0.15, -0.1) is 0 Å². The number of unbranched alkanes of at least 4 members (excludes halogenated alkanes) is 2. The van der Waals surface area contributed by atoms with Crippen LogP contribution in [0.2, 0.25) is 0 Å². The lowest BCUT2D eigenvalue weighted by Gasteiger charge is -1.96. The zero-order chi connectivity index (χ0) is 8.36. The summed E-state index contributed by atoms with van der Waals surface area (Å²) in [6.45, 7) is 3.96. The van der Waals surface area contributed by atoms with Crippen molar-refractivity contribution < 1.29 is 4.74 Å². The summed E-state index contributed by atoms with van der Waals surface area (Å²) in [6.07, 6.45) is 3.61. The van der Waals surface area contributed by atoms with Gasteiger partial charge in [0.05, 0.1) is 6.54 Å². The third-order valence-electron chi connectivity index (χ3n) is 1.29. The SMILES string of the molecule is CCCCCOCC#CCN. The second kappa shape index (κ2) is 9.48. The largest absolute Gasteiger partial charge is 0.369 e. The highest BCUT2D eigenvalue weighted by Gasteiger charge is 1.84. The lowest BCUT2D eigenvalue weighted by Crippen LogP contribution is -1.97. The molecule has 2 N–H and O–H groups in total. The molecule has 0 saturated heterocycles. The summed E-state index contributed by atoms with van der Waals surface area (Å²) >= 11 is 0. The van der Waals surface area contributed by atoms with Gasteiger partial charge in [-0.05, 0) is 6.42 Å². The minimum Gasteiger partial charge on any atom is -0.369 e. The molecule has 0 saturated carbocycles. The van der Waals surface area contributed by atoms with E-state index in [4.69, 9.17) is 10.5 Å². The van der Waals surface area contributed by atoms with E-state index in [0.29, 0.717) is 13.2 Å². The van der Waals surface area contributed by atoms with Gasteiger partial charge in [0.25, 0.3) is 0 Å². The quantitative estimate of drug-likeness (QED) is 0.477. The number of hydrogen-bond donors (Lipinski definition) is 1. The van der Waals surface area contributed by atoms with Crippen molar-refractivity contribution in [1.29, 1.82) is 0 Å². The van der Waals surface area contributed by atoms with Crippen LogP contribution in [0, 0.1) is 11.8 Å². The molecular formula is C9H17NO. The van der Waals surface area contributed by atoms with Gasteiger partial charge in [-0.3, -0.25) is 0 Å². The summed E-state index contributed by atoms with van der Waals surface area (Å²) in [5, 5.41) is 0. The molecule has 2 nitrogen and oxygen atoms in total. The summed E-state index contributed by atoms with van der Waals surface area (Å²) in [5.41, 5.74) is 5.16. The summed E-state index contributed by atoms with van der Waals surface area (Å²) in [4.78, 5) is 0. The smallest absolute Gasteiger partial charge is 0.107 e. The van der Waals surface area contributed by atoms with Crippen LogP contribution < -0.4 is 5.73 Å². The molecule has 0 aromatic heterocycles. The fraction of sp³-hybridized carbons (Fsp3) is 0.778. The first-order chi connectivity index (χ1) is 5.41. The molecule has 0 fully saturated rings. The van der Waals surface area contributed by atoms with Crippen molar-refractivity contribution >= 4 is 0 Å². The maximum atomic E-state index is 5.21. The fourth-order valence-electron chi connectivity index (χ4n) is 0.701. The first kappa shape index (κ1) is 10.5. The lowest BCUT2D eigenvalue weighted by molar-refractivity contribution is 0.162. The van der Waals surface area contributed by atoms with Gasteiger partial charge in [0, 0.05) is 6.61 Å². The van der Waals surface area contributed by atoms with Crippen LogP contribution in [0.4, 0.5) is 0 Å². The Labute approximate surface area is 69.1 Å². The van der Waals surface area contributed by atoms with E-state index in [-0.39, 0.29) is 0 Å². The Morgan fingerprint density at radius 1 is 1.27 bits per heavy atom. The average Bonchev–Trinajstić information content (AvgIpc) is 2.03. The highest BCUT2D eigenvalue weighted by molar-refractivity contribution is 4.99. The second-order valence-electron chi connectivity index (χ2n) is 2.32. The first-order valence-corrected chi connectivity index (χ1v) is 4.15. The monoisotopic (exact) mass is 155 g/mol. The van der Waals surface area contributed by atoms with Crippen LogP contribution in [-0.2, 0) is 4.74 Å². The highest BCUT2D eigenvalue weighted by Crippen LogP contribution is 1.93. The normalized spacial score (nSPS) is 8.91. The van der Waals surface area contributed by atoms with Crippen LogP contribution in [0.5, 0.6) is 0 Å². The van der Waals surface area contributed by atoms with E-state index < -0.39 is 0 Å². The van der Waals surface area contributed by atoms with E-state index in [1.54, 1.807) is 0 Å². The Morgan fingerprint density at radius 3 is 2.73 bits per heavy atom. The molecular weight excluding hydrogens is 138 g/mol. The predicted octanol–water partition coefficient (Wildman–Crippen LogP) is 1.16. The number of hydrogen-bond acceptors (Lipinski definition) is 2. The molecule has 0 aliphatic heterocycles. The fourth-order valence-corrected chi connectivity index (χ4v) is 0.701. The van der Waals surface area contributed by atoms with Crippen molar-refractivity contribution in [2.75, 3.05) is 19.8 Å². The Hall–Kier alpha value is -0.520. The Bertz CT molecular complexity index is 123. The summed E-state index contributed by atoms with van der Waals surface area (Å²) in [5.74, 6) is 5.56. The first-order valence-electron chi connectivity index (χ1n) is 4.15. The molecule has 11 heavy (non-hydrogen) atoms. The van der Waals surface area contributed by atoms with E-state index in [2.05, 4.69) is 18.8 Å². The third-order valence-corrected chi connectivity index (χ3v) is 1.29. The van der Waals surface area contributed by atoms with Gasteiger partial charge in [0.15, 0.2) is 0 Å². The Kier molecular flexibility index (Phi) is 9.03. The summed E-state index contributed by atoms with van der Waals surface area (Å²) < 4.78 is 5.21. The Balaban J connectivity index is 2.90. The predicted molar refractivity (Wildman–Crippen MR) is 47.2 cm³/mol. The molecule has 0 unspecified atom stereocenters. The van der Waals surface area contributed by atoms with Crippen molar-refractivity contribution in [3.63, 3.8) is 0 Å². The Morgan fingerprint density at radius 2 is 2.09 bits per heavy atom. The molecule has 0 aliphatic rings. The number of nitrogens with two attached hydrogens (primary N) is 1. The molecule has 0 aromatic rings. The van der Waals surface area contributed by atoms with Crippen molar-refractivity contribution in [2.24, 2.45) is 5.73 Å². The molecule has 0 heterocycles. The molecule has 0 bridgehead atoms.